The summed E-state index contributed by atoms with van der Waals surface area (Å²) >= 11 is 0. The van der Waals surface area contributed by atoms with Crippen molar-refractivity contribution < 1.29 is 29.3 Å². The maximum absolute atomic E-state index is 12.1. The van der Waals surface area contributed by atoms with Crippen LogP contribution in [0.1, 0.15) is 12.8 Å². The van der Waals surface area contributed by atoms with Crippen molar-refractivity contribution in [3.8, 4) is 0 Å². The van der Waals surface area contributed by atoms with Crippen molar-refractivity contribution in [2.24, 2.45) is 17.8 Å². The van der Waals surface area contributed by atoms with Gasteiger partial charge in [0.05, 0.1) is 24.2 Å². The Labute approximate surface area is 146 Å². The zero-order valence-corrected chi connectivity index (χ0v) is 13.9. The van der Waals surface area contributed by atoms with Gasteiger partial charge in [0.2, 0.25) is 0 Å². The van der Waals surface area contributed by atoms with Crippen LogP contribution in [-0.4, -0.2) is 47.1 Å². The van der Waals surface area contributed by atoms with Gasteiger partial charge in [-0.25, -0.2) is 9.59 Å². The van der Waals surface area contributed by atoms with Gasteiger partial charge in [0.1, 0.15) is 12.2 Å². The van der Waals surface area contributed by atoms with Crippen molar-refractivity contribution >= 4 is 11.9 Å². The summed E-state index contributed by atoms with van der Waals surface area (Å²) in [5.74, 6) is -2.18. The summed E-state index contributed by atoms with van der Waals surface area (Å²) in [7, 11) is 0. The smallest absolute Gasteiger partial charge is 0.336 e. The van der Waals surface area contributed by atoms with Crippen molar-refractivity contribution in [3.63, 3.8) is 0 Å². The normalized spacial score (nSPS) is 37.2. The molecule has 1 aliphatic heterocycles. The number of carbonyl (C=O) groups excluding carboxylic acids is 2. The summed E-state index contributed by atoms with van der Waals surface area (Å²) in [5, 5.41) is 19.2. The average molecular weight is 346 g/mol. The standard InChI is InChI=1S/C19H22O6/c1-8-5-14(24-18(22)9(2)7-20)16-11(4)19(23)25-17(16)15-10(3)13(21)6-12(8)15/h12-17,20-21H,1-7H2/t12-,13-,14+,15-,16-,17+/m0/s1. The number of hydrogen-bond donors (Lipinski definition) is 2. The van der Waals surface area contributed by atoms with E-state index in [9.17, 15) is 14.7 Å². The second kappa shape index (κ2) is 6.28. The number of fused-ring (bicyclic) bond motifs is 3. The summed E-state index contributed by atoms with van der Waals surface area (Å²) in [6, 6.07) is 0. The fraction of sp³-hybridized carbons (Fsp3) is 0.474. The van der Waals surface area contributed by atoms with E-state index >= 15 is 0 Å². The van der Waals surface area contributed by atoms with Crippen LogP contribution in [-0.2, 0) is 19.1 Å². The third-order valence-electron chi connectivity index (χ3n) is 5.51. The van der Waals surface area contributed by atoms with Gasteiger partial charge in [-0.3, -0.25) is 0 Å². The topological polar surface area (TPSA) is 93.1 Å². The Bertz CT molecular complexity index is 690. The summed E-state index contributed by atoms with van der Waals surface area (Å²) in [4.78, 5) is 24.2. The molecule has 3 rings (SSSR count). The lowest BCUT2D eigenvalue weighted by molar-refractivity contribution is -0.148. The van der Waals surface area contributed by atoms with Gasteiger partial charge >= 0.3 is 11.9 Å². The van der Waals surface area contributed by atoms with Crippen molar-refractivity contribution in [2.45, 2.75) is 31.2 Å². The largest absolute Gasteiger partial charge is 0.458 e. The van der Waals surface area contributed by atoms with Crippen molar-refractivity contribution in [2.75, 3.05) is 6.61 Å². The summed E-state index contributed by atoms with van der Waals surface area (Å²) in [6.07, 6.45) is -1.19. The first kappa shape index (κ1) is 17.6. The van der Waals surface area contributed by atoms with Crippen LogP contribution in [0.5, 0.6) is 0 Å². The molecule has 0 bridgehead atoms. The van der Waals surface area contributed by atoms with Gasteiger partial charge in [-0.1, -0.05) is 31.9 Å². The van der Waals surface area contributed by atoms with Gasteiger partial charge in [-0.15, -0.1) is 0 Å². The molecule has 134 valence electrons. The Balaban J connectivity index is 1.96. The lowest BCUT2D eigenvalue weighted by Crippen LogP contribution is -2.36. The number of esters is 2. The highest BCUT2D eigenvalue weighted by molar-refractivity contribution is 5.92. The number of hydrogen-bond acceptors (Lipinski definition) is 6. The van der Waals surface area contributed by atoms with E-state index in [1.807, 2.05) is 0 Å². The molecule has 6 nitrogen and oxygen atoms in total. The third kappa shape index (κ3) is 2.75. The molecular weight excluding hydrogens is 324 g/mol. The quantitative estimate of drug-likeness (QED) is 0.451. The Morgan fingerprint density at radius 2 is 1.96 bits per heavy atom. The highest BCUT2D eigenvalue weighted by Gasteiger charge is 2.56. The third-order valence-corrected chi connectivity index (χ3v) is 5.51. The van der Waals surface area contributed by atoms with E-state index in [-0.39, 0.29) is 23.0 Å². The molecule has 1 heterocycles. The molecule has 0 aromatic heterocycles. The Kier molecular flexibility index (Phi) is 4.43. The predicted molar refractivity (Wildman–Crippen MR) is 89.1 cm³/mol. The first-order chi connectivity index (χ1) is 11.8. The second-order valence-corrected chi connectivity index (χ2v) is 6.95. The SMILES string of the molecule is C=C(CO)C(=O)O[C@@H]1CC(=C)[C@@H]2C[C@H](O)C(=C)[C@@H]2[C@H]2OC(=O)C(=C)[C@H]21. The highest BCUT2D eigenvalue weighted by Crippen LogP contribution is 2.52. The van der Waals surface area contributed by atoms with Crippen LogP contribution in [0.3, 0.4) is 0 Å². The summed E-state index contributed by atoms with van der Waals surface area (Å²) in [6.45, 7) is 14.8. The number of aliphatic hydroxyl groups is 2. The molecule has 25 heavy (non-hydrogen) atoms. The molecule has 0 unspecified atom stereocenters. The van der Waals surface area contributed by atoms with E-state index in [1.165, 1.54) is 0 Å². The summed E-state index contributed by atoms with van der Waals surface area (Å²) < 4.78 is 11.0. The lowest BCUT2D eigenvalue weighted by atomic mass is 9.81. The minimum atomic E-state index is -0.725. The molecule has 3 aliphatic rings. The number of carbonyl (C=O) groups is 2. The summed E-state index contributed by atoms with van der Waals surface area (Å²) in [5.41, 5.74) is 1.59. The van der Waals surface area contributed by atoms with Gasteiger partial charge in [0.15, 0.2) is 0 Å². The van der Waals surface area contributed by atoms with E-state index in [0.29, 0.717) is 18.4 Å². The van der Waals surface area contributed by atoms with E-state index in [2.05, 4.69) is 26.3 Å². The molecule has 2 aliphatic carbocycles. The van der Waals surface area contributed by atoms with Gasteiger partial charge < -0.3 is 19.7 Å². The molecule has 2 saturated carbocycles. The van der Waals surface area contributed by atoms with E-state index in [4.69, 9.17) is 14.6 Å². The molecule has 0 radical (unpaired) electrons. The van der Waals surface area contributed by atoms with Crippen LogP contribution >= 0.6 is 0 Å². The Morgan fingerprint density at radius 1 is 1.28 bits per heavy atom. The van der Waals surface area contributed by atoms with Crippen molar-refractivity contribution in [1.29, 1.82) is 0 Å². The molecule has 0 amide bonds. The van der Waals surface area contributed by atoms with Crippen LogP contribution in [0.2, 0.25) is 0 Å². The highest BCUT2D eigenvalue weighted by atomic mass is 16.6. The number of ether oxygens (including phenoxy) is 2. The number of aliphatic hydroxyl groups excluding tert-OH is 2. The molecule has 0 spiro atoms. The molecule has 6 heteroatoms. The Hall–Kier alpha value is -2.18. The van der Waals surface area contributed by atoms with Gasteiger partial charge in [0.25, 0.3) is 0 Å². The average Bonchev–Trinajstić information content (AvgIpc) is 2.99. The van der Waals surface area contributed by atoms with E-state index in [0.717, 1.165) is 5.57 Å². The van der Waals surface area contributed by atoms with Gasteiger partial charge in [-0.05, 0) is 17.9 Å². The second-order valence-electron chi connectivity index (χ2n) is 6.95. The molecule has 6 atom stereocenters. The first-order valence-corrected chi connectivity index (χ1v) is 8.20. The molecule has 0 aromatic carbocycles. The van der Waals surface area contributed by atoms with Crippen LogP contribution in [0, 0.1) is 17.8 Å². The van der Waals surface area contributed by atoms with Crippen LogP contribution in [0.25, 0.3) is 0 Å². The number of rotatable bonds is 3. The first-order valence-electron chi connectivity index (χ1n) is 8.20. The maximum Gasteiger partial charge on any atom is 0.336 e. The molecule has 1 saturated heterocycles. The minimum absolute atomic E-state index is 0.0673. The molecule has 0 aromatic rings. The van der Waals surface area contributed by atoms with Crippen molar-refractivity contribution in [3.05, 3.63) is 48.6 Å². The van der Waals surface area contributed by atoms with Gasteiger partial charge in [0, 0.05) is 17.9 Å². The van der Waals surface area contributed by atoms with Crippen LogP contribution in [0.4, 0.5) is 0 Å². The van der Waals surface area contributed by atoms with Gasteiger partial charge in [-0.2, -0.15) is 0 Å². The minimum Gasteiger partial charge on any atom is -0.458 e. The van der Waals surface area contributed by atoms with E-state index in [1.54, 1.807) is 0 Å². The zero-order chi connectivity index (χ0) is 18.5. The monoisotopic (exact) mass is 346 g/mol. The van der Waals surface area contributed by atoms with Crippen molar-refractivity contribution in [1.82, 2.24) is 0 Å². The van der Waals surface area contributed by atoms with E-state index < -0.39 is 42.8 Å². The van der Waals surface area contributed by atoms with Crippen LogP contribution < -0.4 is 0 Å². The fourth-order valence-corrected chi connectivity index (χ4v) is 4.16. The fourth-order valence-electron chi connectivity index (χ4n) is 4.16. The van der Waals surface area contributed by atoms with Crippen LogP contribution in [0.15, 0.2) is 48.6 Å². The molecule has 2 N–H and O–H groups in total. The Morgan fingerprint density at radius 3 is 2.60 bits per heavy atom. The zero-order valence-electron chi connectivity index (χ0n) is 13.9. The lowest BCUT2D eigenvalue weighted by Gasteiger charge is -2.28. The predicted octanol–water partition coefficient (Wildman–Crippen LogP) is 1.06. The molecule has 3 fully saturated rings. The molecular formula is C19H22O6. The maximum atomic E-state index is 12.1.